The molecule has 0 heterocycles. The fourth-order valence-corrected chi connectivity index (χ4v) is 1.60. The molecule has 0 rings (SSSR count). The van der Waals surface area contributed by atoms with Gasteiger partial charge in [0.2, 0.25) is 0 Å². The van der Waals surface area contributed by atoms with Crippen molar-refractivity contribution in [3.05, 3.63) is 0 Å². The first-order valence-corrected chi connectivity index (χ1v) is 5.60. The van der Waals surface area contributed by atoms with E-state index in [1.807, 2.05) is 0 Å². The third-order valence-corrected chi connectivity index (χ3v) is 4.08. The van der Waals surface area contributed by atoms with Crippen molar-refractivity contribution in [2.75, 3.05) is 5.75 Å². The van der Waals surface area contributed by atoms with Crippen LogP contribution in [-0.4, -0.2) is 36.4 Å². The van der Waals surface area contributed by atoms with Gasteiger partial charge >= 0.3 is 17.4 Å². The number of hydrogen-bond acceptors (Lipinski definition) is 1. The number of alkyl halides is 7. The van der Waals surface area contributed by atoms with Crippen molar-refractivity contribution in [3.8, 4) is 0 Å². The zero-order valence-corrected chi connectivity index (χ0v) is 8.38. The van der Waals surface area contributed by atoms with Crippen molar-refractivity contribution < 1.29 is 44.0 Å². The molecule has 0 saturated carbocycles. The van der Waals surface area contributed by atoms with Gasteiger partial charge in [0.1, 0.15) is 0 Å². The highest BCUT2D eigenvalue weighted by Gasteiger charge is 2.81. The van der Waals surface area contributed by atoms with Gasteiger partial charge < -0.3 is 9.11 Å². The van der Waals surface area contributed by atoms with Crippen LogP contribution in [0.2, 0.25) is 0 Å². The van der Waals surface area contributed by atoms with Crippen LogP contribution in [0.3, 0.4) is 0 Å². The lowest BCUT2D eigenvalue weighted by atomic mass is 10.3. The third-order valence-electron chi connectivity index (χ3n) is 1.76. The Morgan fingerprint density at radius 2 is 1.31 bits per heavy atom. The lowest BCUT2D eigenvalue weighted by Crippen LogP contribution is -2.65. The topological polar surface area (TPSA) is 57.5 Å². The van der Waals surface area contributed by atoms with Gasteiger partial charge in [0.05, 0.1) is 5.75 Å². The predicted octanol–water partition coefficient (Wildman–Crippen LogP) is 2.56. The first-order chi connectivity index (χ1) is 6.59. The largest absolute Gasteiger partial charge is 0.461 e. The quantitative estimate of drug-likeness (QED) is 0.781. The fraction of sp³-hybridized carbons (Fsp3) is 1.00. The summed E-state index contributed by atoms with van der Waals surface area (Å²) in [5.41, 5.74) is 0. The molecule has 0 aromatic carbocycles. The number of hydrogen-bond donors (Lipinski definition) is 2. The van der Waals surface area contributed by atoms with E-state index in [-0.39, 0.29) is 0 Å². The molecule has 3 nitrogen and oxygen atoms in total. The molecule has 0 unspecified atom stereocenters. The molecule has 0 aromatic heterocycles. The molecule has 0 fully saturated rings. The molecule has 0 amide bonds. The Kier molecular flexibility index (Phi) is 3.21. The van der Waals surface area contributed by atoms with Crippen LogP contribution in [0.25, 0.3) is 0 Å². The summed E-state index contributed by atoms with van der Waals surface area (Å²) in [7, 11) is -7.41. The Bertz CT molecular complexity index is 340. The van der Waals surface area contributed by atoms with E-state index in [1.165, 1.54) is 0 Å². The Morgan fingerprint density at radius 1 is 1.00 bits per heavy atom. The highest BCUT2D eigenvalue weighted by molar-refractivity contribution is 8.11. The summed E-state index contributed by atoms with van der Waals surface area (Å²) < 4.78 is 112. The van der Waals surface area contributed by atoms with Gasteiger partial charge in [0, 0.05) is 0 Å². The fourth-order valence-electron chi connectivity index (χ4n) is 0.604. The highest BCUT2D eigenvalue weighted by Crippen LogP contribution is 2.54. The summed E-state index contributed by atoms with van der Waals surface area (Å²) in [4.78, 5) is 0. The molecule has 0 aromatic rings. The first kappa shape index (κ1) is 15.6. The van der Waals surface area contributed by atoms with Crippen molar-refractivity contribution in [3.63, 3.8) is 0 Å². The molecule has 0 aliphatic rings. The molecule has 100 valence electrons. The van der Waals surface area contributed by atoms with Crippen LogP contribution < -0.4 is 0 Å². The van der Waals surface area contributed by atoms with E-state index in [9.17, 15) is 34.9 Å². The van der Waals surface area contributed by atoms with Crippen LogP contribution in [-0.2, 0) is 9.63 Å². The Labute approximate surface area is 84.7 Å². The van der Waals surface area contributed by atoms with Crippen molar-refractivity contribution in [2.24, 2.45) is 0 Å². The summed E-state index contributed by atoms with van der Waals surface area (Å²) in [6.45, 7) is 0.370. The maximum Gasteiger partial charge on any atom is 0.461 e. The lowest BCUT2D eigenvalue weighted by Gasteiger charge is -2.40. The van der Waals surface area contributed by atoms with Crippen LogP contribution in [0.4, 0.5) is 30.7 Å². The van der Waals surface area contributed by atoms with Crippen LogP contribution >= 0.6 is 0 Å². The summed E-state index contributed by atoms with van der Waals surface area (Å²) in [6.07, 6.45) is -6.76. The van der Waals surface area contributed by atoms with Crippen LogP contribution in [0.1, 0.15) is 6.92 Å². The Morgan fingerprint density at radius 3 is 1.50 bits per heavy atom. The summed E-state index contributed by atoms with van der Waals surface area (Å²) in [5.74, 6) is -8.68. The van der Waals surface area contributed by atoms with E-state index in [2.05, 4.69) is 0 Å². The maximum atomic E-state index is 12.6. The minimum absolute atomic E-state index is 0.370. The van der Waals surface area contributed by atoms with Gasteiger partial charge in [-0.1, -0.05) is 6.92 Å². The standard InChI is InChI=1S/C5H7F7O3S/c1-2-16(13,14,15)5(11,12)3(6,7)4(8,9)10/h2H2,1H3,(H2,13,14,15). The van der Waals surface area contributed by atoms with Gasteiger partial charge in [0.15, 0.2) is 9.63 Å². The molecule has 0 aliphatic heterocycles. The zero-order valence-electron chi connectivity index (χ0n) is 7.56. The van der Waals surface area contributed by atoms with Gasteiger partial charge in [-0.15, -0.1) is 0 Å². The average Bonchev–Trinajstić information content (AvgIpc) is 2.01. The van der Waals surface area contributed by atoms with Crippen molar-refractivity contribution in [1.29, 1.82) is 0 Å². The molecule has 0 spiro atoms. The van der Waals surface area contributed by atoms with E-state index in [4.69, 9.17) is 9.11 Å². The molecule has 0 aliphatic carbocycles. The molecule has 0 bridgehead atoms. The van der Waals surface area contributed by atoms with Crippen LogP contribution in [0.5, 0.6) is 0 Å². The van der Waals surface area contributed by atoms with E-state index in [1.54, 1.807) is 0 Å². The molecule has 2 N–H and O–H groups in total. The van der Waals surface area contributed by atoms with Gasteiger partial charge in [-0.2, -0.15) is 30.7 Å². The summed E-state index contributed by atoms with van der Waals surface area (Å²) in [5, 5.41) is -6.53. The minimum atomic E-state index is -7.41. The summed E-state index contributed by atoms with van der Waals surface area (Å²) in [6, 6.07) is 0. The monoisotopic (exact) mass is 280 g/mol. The van der Waals surface area contributed by atoms with E-state index < -0.39 is 32.7 Å². The minimum Gasteiger partial charge on any atom is -0.303 e. The smallest absolute Gasteiger partial charge is 0.303 e. The van der Waals surface area contributed by atoms with Gasteiger partial charge in [-0.3, -0.25) is 0 Å². The normalized spacial score (nSPS) is 18.0. The Hall–Kier alpha value is -0.420. The zero-order chi connectivity index (χ0) is 13.7. The predicted molar refractivity (Wildman–Crippen MR) is 39.9 cm³/mol. The second-order valence-corrected chi connectivity index (χ2v) is 6.02. The van der Waals surface area contributed by atoms with Crippen molar-refractivity contribution in [1.82, 2.24) is 0 Å². The van der Waals surface area contributed by atoms with Gasteiger partial charge in [0.25, 0.3) is 0 Å². The average molecular weight is 280 g/mol. The van der Waals surface area contributed by atoms with Gasteiger partial charge in [-0.05, 0) is 0 Å². The second kappa shape index (κ2) is 3.29. The number of rotatable bonds is 3. The van der Waals surface area contributed by atoms with Crippen molar-refractivity contribution >= 4 is 9.63 Å². The highest BCUT2D eigenvalue weighted by atomic mass is 32.3. The third kappa shape index (κ3) is 1.91. The molecule has 0 radical (unpaired) electrons. The van der Waals surface area contributed by atoms with E-state index >= 15 is 0 Å². The summed E-state index contributed by atoms with van der Waals surface area (Å²) >= 11 is 0. The van der Waals surface area contributed by atoms with Crippen LogP contribution in [0.15, 0.2) is 0 Å². The number of halogens is 7. The second-order valence-electron chi connectivity index (χ2n) is 2.89. The lowest BCUT2D eigenvalue weighted by molar-refractivity contribution is -0.335. The first-order valence-electron chi connectivity index (χ1n) is 3.55. The SMILES string of the molecule is CCS(=O)(O)(O)C(F)(F)C(F)(F)C(F)(F)F. The molecule has 0 saturated heterocycles. The van der Waals surface area contributed by atoms with E-state index in [0.717, 1.165) is 0 Å². The molecular formula is C5H7F7O3S. The molecule has 0 atom stereocenters. The maximum absolute atomic E-state index is 12.6. The molecule has 16 heavy (non-hydrogen) atoms. The van der Waals surface area contributed by atoms with Crippen molar-refractivity contribution in [2.45, 2.75) is 24.3 Å². The van der Waals surface area contributed by atoms with E-state index in [0.29, 0.717) is 6.92 Å². The Balaban J connectivity index is 5.84. The van der Waals surface area contributed by atoms with Crippen LogP contribution in [0, 0.1) is 0 Å². The molecule has 11 heteroatoms. The molecular weight excluding hydrogens is 273 g/mol. The van der Waals surface area contributed by atoms with Gasteiger partial charge in [-0.25, -0.2) is 4.21 Å².